The lowest BCUT2D eigenvalue weighted by Crippen LogP contribution is -2.34. The Balaban J connectivity index is 2.52. The molecule has 0 aliphatic carbocycles. The molecule has 1 amide bonds. The molecule has 0 aliphatic heterocycles. The Morgan fingerprint density at radius 1 is 1.47 bits per heavy atom. The third kappa shape index (κ3) is 5.38. The first-order valence-electron chi connectivity index (χ1n) is 6.29. The minimum atomic E-state index is -2.51. The molecule has 4 nitrogen and oxygen atoms in total. The van der Waals surface area contributed by atoms with Gasteiger partial charge in [-0.15, -0.1) is 0 Å². The molecule has 1 rings (SSSR count). The van der Waals surface area contributed by atoms with E-state index in [1.54, 1.807) is 6.07 Å². The molecule has 1 heterocycles. The maximum absolute atomic E-state index is 12.3. The van der Waals surface area contributed by atoms with Crippen molar-refractivity contribution in [1.29, 1.82) is 0 Å². The number of rotatable bonds is 7. The van der Waals surface area contributed by atoms with Gasteiger partial charge < -0.3 is 15.0 Å². The Morgan fingerprint density at radius 3 is 2.74 bits per heavy atom. The first-order valence-corrected chi connectivity index (χ1v) is 6.29. The average molecular weight is 274 g/mol. The van der Waals surface area contributed by atoms with E-state index in [1.165, 1.54) is 16.8 Å². The number of amides is 1. The highest BCUT2D eigenvalue weighted by Crippen LogP contribution is 2.07. The standard InChI is InChI=1S/C13H20F2N2O2/c1-9(2)6-10(18)7-16-13(19)11-4-3-5-17(11)8-12(14)15/h3-5,9-10,12,18H,6-8H2,1-2H3,(H,16,19). The number of hydrogen-bond donors (Lipinski definition) is 2. The second-order valence-corrected chi connectivity index (χ2v) is 4.93. The van der Waals surface area contributed by atoms with E-state index in [9.17, 15) is 18.7 Å². The average Bonchev–Trinajstić information content (AvgIpc) is 2.72. The third-order valence-corrected chi connectivity index (χ3v) is 2.64. The number of halogens is 2. The summed E-state index contributed by atoms with van der Waals surface area (Å²) >= 11 is 0. The van der Waals surface area contributed by atoms with Crippen molar-refractivity contribution in [2.75, 3.05) is 6.54 Å². The molecule has 0 saturated heterocycles. The van der Waals surface area contributed by atoms with Gasteiger partial charge in [0.05, 0.1) is 12.6 Å². The van der Waals surface area contributed by atoms with Crippen molar-refractivity contribution in [2.45, 2.75) is 39.3 Å². The van der Waals surface area contributed by atoms with Gasteiger partial charge in [0.15, 0.2) is 0 Å². The van der Waals surface area contributed by atoms with Crippen LogP contribution >= 0.6 is 0 Å². The molecule has 2 N–H and O–H groups in total. The summed E-state index contributed by atoms with van der Waals surface area (Å²) in [4.78, 5) is 11.8. The van der Waals surface area contributed by atoms with Crippen LogP contribution in [-0.4, -0.2) is 34.7 Å². The molecule has 1 unspecified atom stereocenters. The molecule has 0 bridgehead atoms. The van der Waals surface area contributed by atoms with Gasteiger partial charge in [0, 0.05) is 12.7 Å². The number of carbonyl (C=O) groups excluding carboxylic acids is 1. The van der Waals surface area contributed by atoms with Crippen LogP contribution in [0.4, 0.5) is 8.78 Å². The first kappa shape index (κ1) is 15.6. The van der Waals surface area contributed by atoms with Crippen LogP contribution in [0.5, 0.6) is 0 Å². The van der Waals surface area contributed by atoms with Crippen LogP contribution < -0.4 is 5.32 Å². The highest BCUT2D eigenvalue weighted by atomic mass is 19.3. The van der Waals surface area contributed by atoms with Crippen molar-refractivity contribution in [2.24, 2.45) is 5.92 Å². The van der Waals surface area contributed by atoms with Crippen molar-refractivity contribution in [1.82, 2.24) is 9.88 Å². The fourth-order valence-corrected chi connectivity index (χ4v) is 1.86. The van der Waals surface area contributed by atoms with Crippen LogP contribution in [0, 0.1) is 5.92 Å². The summed E-state index contributed by atoms with van der Waals surface area (Å²) in [5.74, 6) is -0.122. The number of nitrogens with zero attached hydrogens (tertiary/aromatic N) is 1. The molecule has 0 radical (unpaired) electrons. The lowest BCUT2D eigenvalue weighted by Gasteiger charge is -2.14. The zero-order valence-corrected chi connectivity index (χ0v) is 11.1. The summed E-state index contributed by atoms with van der Waals surface area (Å²) in [6.07, 6.45) is -1.11. The molecular formula is C13H20F2N2O2. The Morgan fingerprint density at radius 2 is 2.16 bits per heavy atom. The molecule has 1 atom stereocenters. The van der Waals surface area contributed by atoms with Crippen molar-refractivity contribution in [3.8, 4) is 0 Å². The van der Waals surface area contributed by atoms with Gasteiger partial charge in [-0.3, -0.25) is 4.79 Å². The number of aliphatic hydroxyl groups is 1. The Kier molecular flexibility index (Phi) is 5.95. The quantitative estimate of drug-likeness (QED) is 0.797. The normalized spacial score (nSPS) is 13.0. The van der Waals surface area contributed by atoms with Gasteiger partial charge >= 0.3 is 0 Å². The first-order chi connectivity index (χ1) is 8.90. The van der Waals surface area contributed by atoms with E-state index in [0.29, 0.717) is 12.3 Å². The molecule has 0 spiro atoms. The minimum Gasteiger partial charge on any atom is -0.391 e. The molecule has 0 saturated carbocycles. The second kappa shape index (κ2) is 7.23. The Labute approximate surface area is 111 Å². The number of hydrogen-bond acceptors (Lipinski definition) is 2. The predicted octanol–water partition coefficient (Wildman–Crippen LogP) is 1.89. The highest BCUT2D eigenvalue weighted by Gasteiger charge is 2.15. The maximum Gasteiger partial charge on any atom is 0.267 e. The topological polar surface area (TPSA) is 54.3 Å². The van der Waals surface area contributed by atoms with Crippen LogP contribution in [0.1, 0.15) is 30.8 Å². The molecule has 0 aromatic carbocycles. The number of aromatic nitrogens is 1. The van der Waals surface area contributed by atoms with Crippen molar-refractivity contribution < 1.29 is 18.7 Å². The molecule has 6 heteroatoms. The number of carbonyl (C=O) groups is 1. The predicted molar refractivity (Wildman–Crippen MR) is 68.2 cm³/mol. The van der Waals surface area contributed by atoms with Gasteiger partial charge in [0.1, 0.15) is 5.69 Å². The smallest absolute Gasteiger partial charge is 0.267 e. The molecule has 1 aromatic rings. The van der Waals surface area contributed by atoms with E-state index in [-0.39, 0.29) is 12.2 Å². The molecule has 0 aliphatic rings. The monoisotopic (exact) mass is 274 g/mol. The van der Waals surface area contributed by atoms with Crippen LogP contribution in [0.15, 0.2) is 18.3 Å². The highest BCUT2D eigenvalue weighted by molar-refractivity contribution is 5.92. The molecule has 19 heavy (non-hydrogen) atoms. The third-order valence-electron chi connectivity index (χ3n) is 2.64. The molecule has 0 fully saturated rings. The van der Waals surface area contributed by atoms with E-state index in [0.717, 1.165) is 0 Å². The summed E-state index contributed by atoms with van der Waals surface area (Å²) in [6, 6.07) is 3.02. The van der Waals surface area contributed by atoms with Crippen LogP contribution in [-0.2, 0) is 6.54 Å². The minimum absolute atomic E-state index is 0.122. The van der Waals surface area contributed by atoms with E-state index in [1.807, 2.05) is 13.8 Å². The Hall–Kier alpha value is -1.43. The van der Waals surface area contributed by atoms with Crippen LogP contribution in [0.3, 0.4) is 0 Å². The molecule has 108 valence electrons. The summed E-state index contributed by atoms with van der Waals surface area (Å²) in [5, 5.41) is 12.2. The zero-order valence-electron chi connectivity index (χ0n) is 11.1. The van der Waals surface area contributed by atoms with E-state index >= 15 is 0 Å². The summed E-state index contributed by atoms with van der Waals surface area (Å²) in [7, 11) is 0. The number of alkyl halides is 2. The largest absolute Gasteiger partial charge is 0.391 e. The van der Waals surface area contributed by atoms with Gasteiger partial charge in [-0.1, -0.05) is 13.8 Å². The molecule has 1 aromatic heterocycles. The molecular weight excluding hydrogens is 254 g/mol. The number of nitrogens with one attached hydrogen (secondary N) is 1. The van der Waals surface area contributed by atoms with E-state index in [2.05, 4.69) is 5.32 Å². The Bertz CT molecular complexity index is 405. The lowest BCUT2D eigenvalue weighted by molar-refractivity contribution is 0.0879. The number of aliphatic hydroxyl groups excluding tert-OH is 1. The summed E-state index contributed by atoms with van der Waals surface area (Å²) in [5.41, 5.74) is 0.178. The second-order valence-electron chi connectivity index (χ2n) is 4.93. The maximum atomic E-state index is 12.3. The fraction of sp³-hybridized carbons (Fsp3) is 0.615. The van der Waals surface area contributed by atoms with Gasteiger partial charge in [-0.2, -0.15) is 0 Å². The van der Waals surface area contributed by atoms with Crippen molar-refractivity contribution in [3.05, 3.63) is 24.0 Å². The van der Waals surface area contributed by atoms with E-state index < -0.39 is 25.0 Å². The van der Waals surface area contributed by atoms with E-state index in [4.69, 9.17) is 0 Å². The summed E-state index contributed by atoms with van der Waals surface area (Å²) in [6.45, 7) is 3.55. The van der Waals surface area contributed by atoms with Gasteiger partial charge in [-0.05, 0) is 24.5 Å². The SMILES string of the molecule is CC(C)CC(O)CNC(=O)c1cccn1CC(F)F. The van der Waals surface area contributed by atoms with Gasteiger partial charge in [-0.25, -0.2) is 8.78 Å². The van der Waals surface area contributed by atoms with Crippen LogP contribution in [0.25, 0.3) is 0 Å². The fourth-order valence-electron chi connectivity index (χ4n) is 1.86. The van der Waals surface area contributed by atoms with Crippen LogP contribution in [0.2, 0.25) is 0 Å². The summed E-state index contributed by atoms with van der Waals surface area (Å²) < 4.78 is 25.8. The van der Waals surface area contributed by atoms with Gasteiger partial charge in [0.25, 0.3) is 12.3 Å². The zero-order chi connectivity index (χ0) is 14.4. The van der Waals surface area contributed by atoms with Gasteiger partial charge in [0.2, 0.25) is 0 Å². The van der Waals surface area contributed by atoms with Crippen molar-refractivity contribution in [3.63, 3.8) is 0 Å². The lowest BCUT2D eigenvalue weighted by atomic mass is 10.1. The van der Waals surface area contributed by atoms with Crippen molar-refractivity contribution >= 4 is 5.91 Å².